The maximum atomic E-state index is 10.2. The minimum absolute atomic E-state index is 0.233. The van der Waals surface area contributed by atoms with Crippen LogP contribution in [0.5, 0.6) is 0 Å². The summed E-state index contributed by atoms with van der Waals surface area (Å²) in [6, 6.07) is 7.34. The normalized spacial score (nSPS) is 10.4. The van der Waals surface area contributed by atoms with Gasteiger partial charge in [-0.15, -0.1) is 0 Å². The summed E-state index contributed by atoms with van der Waals surface area (Å²) in [5, 5.41) is 3.10. The zero-order chi connectivity index (χ0) is 10.4. The van der Waals surface area contributed by atoms with Crippen molar-refractivity contribution in [3.8, 4) is 0 Å². The van der Waals surface area contributed by atoms with E-state index in [1.54, 1.807) is 12.1 Å². The highest BCUT2D eigenvalue weighted by Gasteiger charge is 1.92. The lowest BCUT2D eigenvalue weighted by Gasteiger charge is -2.04. The molecule has 5 heteroatoms. The van der Waals surface area contributed by atoms with Gasteiger partial charge < -0.3 is 11.1 Å². The monoisotopic (exact) mass is 214 g/mol. The average molecular weight is 214 g/mol. The van der Waals surface area contributed by atoms with Crippen molar-refractivity contribution >= 4 is 22.1 Å². The molecule has 0 atom stereocenters. The molecule has 0 fully saturated rings. The van der Waals surface area contributed by atoms with E-state index in [4.69, 9.17) is 5.73 Å². The van der Waals surface area contributed by atoms with Gasteiger partial charge in [0, 0.05) is 23.7 Å². The highest BCUT2D eigenvalue weighted by molar-refractivity contribution is 7.72. The van der Waals surface area contributed by atoms with E-state index in [2.05, 4.69) is 5.32 Å². The molecule has 0 spiro atoms. The van der Waals surface area contributed by atoms with Gasteiger partial charge in [-0.05, 0) is 30.7 Å². The Morgan fingerprint density at radius 3 is 2.43 bits per heavy atom. The molecule has 0 amide bonds. The van der Waals surface area contributed by atoms with Crippen molar-refractivity contribution in [3.05, 3.63) is 24.3 Å². The smallest absolute Gasteiger partial charge is 0.140 e. The Kier molecular flexibility index (Phi) is 4.25. The number of hydrogen-bond acceptors (Lipinski definition) is 4. The lowest BCUT2D eigenvalue weighted by atomic mass is 10.3. The maximum Gasteiger partial charge on any atom is 0.140 e. The molecule has 0 saturated heterocycles. The van der Waals surface area contributed by atoms with Crippen LogP contribution in [0.4, 0.5) is 11.4 Å². The maximum absolute atomic E-state index is 10.2. The van der Waals surface area contributed by atoms with E-state index in [0.29, 0.717) is 13.0 Å². The lowest BCUT2D eigenvalue weighted by Crippen LogP contribution is -2.04. The Bertz CT molecular complexity index is 338. The summed E-state index contributed by atoms with van der Waals surface area (Å²) in [5.74, 6) is 0.233. The van der Waals surface area contributed by atoms with Gasteiger partial charge >= 0.3 is 0 Å². The highest BCUT2D eigenvalue weighted by atomic mass is 32.2. The fourth-order valence-electron chi connectivity index (χ4n) is 1.04. The first-order valence-electron chi connectivity index (χ1n) is 4.39. The molecule has 0 aliphatic carbocycles. The van der Waals surface area contributed by atoms with Crippen molar-refractivity contribution in [1.82, 2.24) is 0 Å². The van der Waals surface area contributed by atoms with Crippen LogP contribution in [0.25, 0.3) is 0 Å². The lowest BCUT2D eigenvalue weighted by molar-refractivity contribution is 0.612. The van der Waals surface area contributed by atoms with E-state index < -0.39 is 10.7 Å². The van der Waals surface area contributed by atoms with Gasteiger partial charge in [-0.25, -0.2) is 8.42 Å². The number of thiol groups is 1. The van der Waals surface area contributed by atoms with Crippen LogP contribution in [0.15, 0.2) is 24.3 Å². The molecule has 1 aromatic rings. The molecule has 0 saturated carbocycles. The number of benzene rings is 1. The number of rotatable bonds is 5. The molecule has 0 bridgehead atoms. The topological polar surface area (TPSA) is 72.2 Å². The Hall–Kier alpha value is -1.23. The van der Waals surface area contributed by atoms with Crippen molar-refractivity contribution in [1.29, 1.82) is 0 Å². The van der Waals surface area contributed by atoms with Gasteiger partial charge in [0.25, 0.3) is 0 Å². The quantitative estimate of drug-likeness (QED) is 0.383. The molecule has 1 aromatic carbocycles. The molecule has 0 heterocycles. The van der Waals surface area contributed by atoms with Crippen molar-refractivity contribution in [2.45, 2.75) is 6.42 Å². The molecule has 0 aromatic heterocycles. The first-order chi connectivity index (χ1) is 6.68. The molecule has 0 unspecified atom stereocenters. The molecule has 1 rings (SSSR count). The summed E-state index contributed by atoms with van der Waals surface area (Å²) >= 11 is 0. The Morgan fingerprint density at radius 1 is 1.21 bits per heavy atom. The van der Waals surface area contributed by atoms with E-state index in [-0.39, 0.29) is 5.75 Å². The zero-order valence-electron chi connectivity index (χ0n) is 7.77. The molecular formula is C9H14N2O2S. The van der Waals surface area contributed by atoms with Crippen molar-refractivity contribution in [3.63, 3.8) is 0 Å². The fraction of sp³-hybridized carbons (Fsp3) is 0.333. The molecular weight excluding hydrogens is 200 g/mol. The third-order valence-electron chi connectivity index (χ3n) is 1.76. The second kappa shape index (κ2) is 5.49. The Labute approximate surface area is 85.1 Å². The van der Waals surface area contributed by atoms with E-state index >= 15 is 0 Å². The van der Waals surface area contributed by atoms with Gasteiger partial charge in [-0.1, -0.05) is 0 Å². The fourth-order valence-corrected chi connectivity index (χ4v) is 1.46. The van der Waals surface area contributed by atoms with Crippen molar-refractivity contribution in [2.75, 3.05) is 23.3 Å². The summed E-state index contributed by atoms with van der Waals surface area (Å²) in [6.07, 6.45) is 0.628. The largest absolute Gasteiger partial charge is 0.399 e. The molecule has 0 aliphatic heterocycles. The minimum Gasteiger partial charge on any atom is -0.399 e. The van der Waals surface area contributed by atoms with Gasteiger partial charge in [0.1, 0.15) is 10.7 Å². The van der Waals surface area contributed by atoms with E-state index in [1.807, 2.05) is 12.1 Å². The average Bonchev–Trinajstić information content (AvgIpc) is 2.15. The van der Waals surface area contributed by atoms with Crippen LogP contribution in [0, 0.1) is 0 Å². The first-order valence-corrected chi connectivity index (χ1v) is 5.76. The van der Waals surface area contributed by atoms with Crippen LogP contribution < -0.4 is 11.1 Å². The summed E-state index contributed by atoms with van der Waals surface area (Å²) < 4.78 is 20.5. The van der Waals surface area contributed by atoms with Crippen LogP contribution in [0.3, 0.4) is 0 Å². The van der Waals surface area contributed by atoms with Crippen molar-refractivity contribution < 1.29 is 8.42 Å². The second-order valence-electron chi connectivity index (χ2n) is 2.96. The summed E-state index contributed by atoms with van der Waals surface area (Å²) in [4.78, 5) is 0. The molecule has 0 radical (unpaired) electrons. The van der Waals surface area contributed by atoms with Crippen LogP contribution in [0.2, 0.25) is 0 Å². The second-order valence-corrected chi connectivity index (χ2v) is 4.07. The summed E-state index contributed by atoms with van der Waals surface area (Å²) in [5.41, 5.74) is 7.19. The van der Waals surface area contributed by atoms with E-state index in [9.17, 15) is 8.42 Å². The predicted octanol–water partition coefficient (Wildman–Crippen LogP) is 0.682. The van der Waals surface area contributed by atoms with Gasteiger partial charge in [-0.2, -0.15) is 0 Å². The van der Waals surface area contributed by atoms with Crippen LogP contribution in [-0.2, 0) is 10.7 Å². The number of anilines is 2. The number of nitrogen functional groups attached to an aromatic ring is 1. The van der Waals surface area contributed by atoms with Crippen LogP contribution in [-0.4, -0.2) is 20.7 Å². The molecule has 0 aliphatic rings. The highest BCUT2D eigenvalue weighted by Crippen LogP contribution is 2.09. The number of hydrogen-bond donors (Lipinski definition) is 3. The standard InChI is InChI=1S/C9H14N2O2S/c10-8-2-4-9(5-3-8)11-6-1-7-14(12)13/h2-5,11,14H,1,6-7,10H2. The number of nitrogens with one attached hydrogen (secondary N) is 1. The first kappa shape index (κ1) is 10.8. The van der Waals surface area contributed by atoms with Gasteiger partial charge in [0.15, 0.2) is 0 Å². The summed E-state index contributed by atoms with van der Waals surface area (Å²) in [7, 11) is -2.25. The third kappa shape index (κ3) is 4.13. The van der Waals surface area contributed by atoms with Gasteiger partial charge in [-0.3, -0.25) is 0 Å². The van der Waals surface area contributed by atoms with E-state index in [1.165, 1.54) is 0 Å². The molecule has 3 N–H and O–H groups in total. The predicted molar refractivity (Wildman–Crippen MR) is 59.1 cm³/mol. The summed E-state index contributed by atoms with van der Waals surface area (Å²) in [6.45, 7) is 0.660. The molecule has 4 nitrogen and oxygen atoms in total. The van der Waals surface area contributed by atoms with Crippen LogP contribution >= 0.6 is 0 Å². The minimum atomic E-state index is -2.25. The van der Waals surface area contributed by atoms with Gasteiger partial charge in [0.05, 0.1) is 0 Å². The Morgan fingerprint density at radius 2 is 1.86 bits per heavy atom. The van der Waals surface area contributed by atoms with Crippen molar-refractivity contribution in [2.24, 2.45) is 0 Å². The van der Waals surface area contributed by atoms with Gasteiger partial charge in [0.2, 0.25) is 0 Å². The number of nitrogens with two attached hydrogens (primary N) is 1. The Balaban J connectivity index is 2.28. The van der Waals surface area contributed by atoms with E-state index in [0.717, 1.165) is 11.4 Å². The zero-order valence-corrected chi connectivity index (χ0v) is 8.67. The SMILES string of the molecule is Nc1ccc(NCCC[SH](=O)=O)cc1. The van der Waals surface area contributed by atoms with Crippen LogP contribution in [0.1, 0.15) is 6.42 Å². The third-order valence-corrected chi connectivity index (χ3v) is 2.44. The molecule has 14 heavy (non-hydrogen) atoms. The molecule has 78 valence electrons.